The first-order valence-electron chi connectivity index (χ1n) is 9.72. The highest BCUT2D eigenvalue weighted by molar-refractivity contribution is 8.00. The van der Waals surface area contributed by atoms with Gasteiger partial charge in [0.1, 0.15) is 5.82 Å². The van der Waals surface area contributed by atoms with Crippen molar-refractivity contribution in [1.82, 2.24) is 14.9 Å². The van der Waals surface area contributed by atoms with Gasteiger partial charge in [-0.3, -0.25) is 14.2 Å². The number of halogens is 2. The highest BCUT2D eigenvalue weighted by atomic mass is 35.5. The zero-order valence-electron chi connectivity index (χ0n) is 17.0. The summed E-state index contributed by atoms with van der Waals surface area (Å²) < 4.78 is 14.7. The van der Waals surface area contributed by atoms with Crippen molar-refractivity contribution in [3.05, 3.63) is 69.2 Å². The van der Waals surface area contributed by atoms with Crippen LogP contribution in [0.25, 0.3) is 10.9 Å². The zero-order valence-corrected chi connectivity index (χ0v) is 18.6. The molecule has 30 heavy (non-hydrogen) atoms. The van der Waals surface area contributed by atoms with Gasteiger partial charge < -0.3 is 5.32 Å². The minimum absolute atomic E-state index is 0.145. The third-order valence-electron chi connectivity index (χ3n) is 4.71. The van der Waals surface area contributed by atoms with Crippen LogP contribution in [-0.4, -0.2) is 20.7 Å². The van der Waals surface area contributed by atoms with Crippen LogP contribution in [-0.2, 0) is 11.3 Å². The monoisotopic (exact) mass is 447 g/mol. The highest BCUT2D eigenvalue weighted by Gasteiger charge is 2.21. The van der Waals surface area contributed by atoms with Crippen molar-refractivity contribution in [3.8, 4) is 0 Å². The standard InChI is InChI=1S/C22H23ClFN3O2S/c1-4-11-27-21(29)18-10-7-16(23)12-19(18)26-22(27)30-14(3)20(28)25-13(2)15-5-8-17(24)9-6-15/h5-10,12-14H,4,11H2,1-3H3,(H,25,28)/t13-,14+/m1/s1. The summed E-state index contributed by atoms with van der Waals surface area (Å²) in [7, 11) is 0. The van der Waals surface area contributed by atoms with Gasteiger partial charge in [-0.2, -0.15) is 0 Å². The fourth-order valence-electron chi connectivity index (χ4n) is 3.06. The maximum atomic E-state index is 13.1. The van der Waals surface area contributed by atoms with Gasteiger partial charge in [0.25, 0.3) is 5.56 Å². The van der Waals surface area contributed by atoms with Gasteiger partial charge in [-0.05, 0) is 56.2 Å². The second kappa shape index (κ2) is 9.62. The molecule has 0 spiro atoms. The number of fused-ring (bicyclic) bond motifs is 1. The number of amides is 1. The second-order valence-corrected chi connectivity index (χ2v) is 8.80. The zero-order chi connectivity index (χ0) is 21.8. The smallest absolute Gasteiger partial charge is 0.262 e. The lowest BCUT2D eigenvalue weighted by molar-refractivity contribution is -0.120. The molecular formula is C22H23ClFN3O2S. The number of aromatic nitrogens is 2. The van der Waals surface area contributed by atoms with Gasteiger partial charge in [0.2, 0.25) is 5.91 Å². The van der Waals surface area contributed by atoms with Gasteiger partial charge >= 0.3 is 0 Å². The minimum atomic E-state index is -0.487. The topological polar surface area (TPSA) is 64.0 Å². The van der Waals surface area contributed by atoms with E-state index < -0.39 is 5.25 Å². The number of hydrogen-bond donors (Lipinski definition) is 1. The van der Waals surface area contributed by atoms with Crippen molar-refractivity contribution in [3.63, 3.8) is 0 Å². The van der Waals surface area contributed by atoms with Gasteiger partial charge in [0.05, 0.1) is 22.2 Å². The summed E-state index contributed by atoms with van der Waals surface area (Å²) in [4.78, 5) is 30.3. The Bertz CT molecular complexity index is 1120. The predicted octanol–water partition coefficient (Wildman–Crippen LogP) is 4.96. The second-order valence-electron chi connectivity index (χ2n) is 7.05. The van der Waals surface area contributed by atoms with Crippen molar-refractivity contribution in [2.24, 2.45) is 0 Å². The SMILES string of the molecule is CCCn1c(S[C@@H](C)C(=O)N[C@H](C)c2ccc(F)cc2)nc2cc(Cl)ccc2c1=O. The first-order valence-corrected chi connectivity index (χ1v) is 11.0. The molecule has 0 fully saturated rings. The average Bonchev–Trinajstić information content (AvgIpc) is 2.71. The van der Waals surface area contributed by atoms with E-state index in [9.17, 15) is 14.0 Å². The molecule has 5 nitrogen and oxygen atoms in total. The van der Waals surface area contributed by atoms with E-state index in [1.807, 2.05) is 13.8 Å². The molecule has 0 saturated carbocycles. The van der Waals surface area contributed by atoms with Crippen LogP contribution in [0.3, 0.4) is 0 Å². The third-order valence-corrected chi connectivity index (χ3v) is 6.03. The summed E-state index contributed by atoms with van der Waals surface area (Å²) in [5.74, 6) is -0.516. The van der Waals surface area contributed by atoms with Crippen LogP contribution < -0.4 is 10.9 Å². The van der Waals surface area contributed by atoms with Crippen LogP contribution in [0.5, 0.6) is 0 Å². The third kappa shape index (κ3) is 5.02. The average molecular weight is 448 g/mol. The largest absolute Gasteiger partial charge is 0.349 e. The highest BCUT2D eigenvalue weighted by Crippen LogP contribution is 2.25. The fourth-order valence-corrected chi connectivity index (χ4v) is 4.17. The molecule has 0 unspecified atom stereocenters. The molecule has 2 atom stereocenters. The van der Waals surface area contributed by atoms with Crippen LogP contribution in [0.15, 0.2) is 52.4 Å². The molecule has 1 aromatic heterocycles. The molecule has 3 rings (SSSR count). The van der Waals surface area contributed by atoms with E-state index >= 15 is 0 Å². The molecule has 1 amide bonds. The number of hydrogen-bond acceptors (Lipinski definition) is 4. The summed E-state index contributed by atoms with van der Waals surface area (Å²) >= 11 is 7.29. The molecule has 0 aliphatic rings. The van der Waals surface area contributed by atoms with Crippen LogP contribution in [0.4, 0.5) is 4.39 Å². The summed E-state index contributed by atoms with van der Waals surface area (Å²) in [5, 5.41) is 3.92. The molecule has 8 heteroatoms. The Kier molecular flexibility index (Phi) is 7.15. The van der Waals surface area contributed by atoms with Gasteiger partial charge in [0.15, 0.2) is 5.16 Å². The first kappa shape index (κ1) is 22.3. The van der Waals surface area contributed by atoms with E-state index in [2.05, 4.69) is 10.3 Å². The summed E-state index contributed by atoms with van der Waals surface area (Å²) in [5.41, 5.74) is 1.17. The molecule has 0 saturated heterocycles. The van der Waals surface area contributed by atoms with Crippen LogP contribution in [0, 0.1) is 5.82 Å². The maximum absolute atomic E-state index is 13.1. The molecule has 158 valence electrons. The summed E-state index contributed by atoms with van der Waals surface area (Å²) in [6, 6.07) is 10.7. The number of carbonyl (C=O) groups excluding carboxylic acids is 1. The molecule has 3 aromatic rings. The molecule has 0 radical (unpaired) electrons. The van der Waals surface area contributed by atoms with Gasteiger partial charge in [-0.25, -0.2) is 9.37 Å². The van der Waals surface area contributed by atoms with Crippen molar-refractivity contribution >= 4 is 40.2 Å². The summed E-state index contributed by atoms with van der Waals surface area (Å²) in [6.07, 6.45) is 0.760. The van der Waals surface area contributed by atoms with Crippen LogP contribution in [0.1, 0.15) is 38.8 Å². The minimum Gasteiger partial charge on any atom is -0.349 e. The lowest BCUT2D eigenvalue weighted by atomic mass is 10.1. The molecule has 1 N–H and O–H groups in total. The Morgan fingerprint density at radius 2 is 1.93 bits per heavy atom. The van der Waals surface area contributed by atoms with Crippen molar-refractivity contribution in [2.75, 3.05) is 0 Å². The van der Waals surface area contributed by atoms with Crippen molar-refractivity contribution < 1.29 is 9.18 Å². The van der Waals surface area contributed by atoms with Gasteiger partial charge in [0, 0.05) is 11.6 Å². The molecule has 1 heterocycles. The summed E-state index contributed by atoms with van der Waals surface area (Å²) in [6.45, 7) is 6.09. The Balaban J connectivity index is 1.83. The normalized spacial score (nSPS) is 13.2. The van der Waals surface area contributed by atoms with E-state index in [4.69, 9.17) is 11.6 Å². The predicted molar refractivity (Wildman–Crippen MR) is 120 cm³/mol. The molecule has 0 bridgehead atoms. The Morgan fingerprint density at radius 3 is 2.60 bits per heavy atom. The molecular weight excluding hydrogens is 425 g/mol. The molecule has 0 aliphatic heterocycles. The van der Waals surface area contributed by atoms with Crippen molar-refractivity contribution in [2.45, 2.75) is 50.2 Å². The number of rotatable bonds is 7. The fraction of sp³-hybridized carbons (Fsp3) is 0.318. The van der Waals surface area contributed by atoms with Crippen molar-refractivity contribution in [1.29, 1.82) is 0 Å². The number of nitrogens with one attached hydrogen (secondary N) is 1. The number of carbonyl (C=O) groups is 1. The molecule has 0 aliphatic carbocycles. The van der Waals surface area contributed by atoms with E-state index in [0.717, 1.165) is 12.0 Å². The van der Waals surface area contributed by atoms with E-state index in [0.29, 0.717) is 27.6 Å². The van der Waals surface area contributed by atoms with E-state index in [1.165, 1.54) is 23.9 Å². The van der Waals surface area contributed by atoms with E-state index in [1.54, 1.807) is 41.8 Å². The number of benzene rings is 2. The Morgan fingerprint density at radius 1 is 1.23 bits per heavy atom. The Labute approximate surface area is 183 Å². The number of thioether (sulfide) groups is 1. The van der Waals surface area contributed by atoms with E-state index in [-0.39, 0.29) is 23.3 Å². The first-order chi connectivity index (χ1) is 14.3. The van der Waals surface area contributed by atoms with Crippen LogP contribution >= 0.6 is 23.4 Å². The lowest BCUT2D eigenvalue weighted by Crippen LogP contribution is -2.34. The lowest BCUT2D eigenvalue weighted by Gasteiger charge is -2.19. The molecule has 2 aromatic carbocycles. The van der Waals surface area contributed by atoms with Gasteiger partial charge in [-0.15, -0.1) is 0 Å². The maximum Gasteiger partial charge on any atom is 0.262 e. The number of nitrogens with zero attached hydrogens (tertiary/aromatic N) is 2. The van der Waals surface area contributed by atoms with Crippen LogP contribution in [0.2, 0.25) is 5.02 Å². The Hall–Kier alpha value is -2.38. The van der Waals surface area contributed by atoms with Gasteiger partial charge in [-0.1, -0.05) is 42.4 Å². The quantitative estimate of drug-likeness (QED) is 0.411.